The molecule has 0 radical (unpaired) electrons. The fraction of sp³-hybridized carbons (Fsp3) is 0.750. The molecule has 116 valence electrons. The van der Waals surface area contributed by atoms with Gasteiger partial charge in [0.15, 0.2) is 0 Å². The number of furan rings is 1. The molecule has 1 rings (SSSR count). The average molecular weight is 281 g/mol. The summed E-state index contributed by atoms with van der Waals surface area (Å²) in [5.41, 5.74) is 1.29. The Morgan fingerprint density at radius 1 is 1.30 bits per heavy atom. The maximum absolute atomic E-state index is 5.69. The topological polar surface area (TPSA) is 31.7 Å². The van der Waals surface area contributed by atoms with Crippen LogP contribution in [0.2, 0.25) is 0 Å². The van der Waals surface area contributed by atoms with E-state index in [0.29, 0.717) is 6.04 Å². The molecule has 0 aliphatic rings. The van der Waals surface area contributed by atoms with Crippen LogP contribution in [0.15, 0.2) is 16.7 Å². The van der Waals surface area contributed by atoms with E-state index in [1.54, 1.807) is 0 Å². The monoisotopic (exact) mass is 281 g/mol. The first-order valence-corrected chi connectivity index (χ1v) is 7.73. The fourth-order valence-electron chi connectivity index (χ4n) is 2.47. The van der Waals surface area contributed by atoms with Gasteiger partial charge >= 0.3 is 0 Å². The van der Waals surface area contributed by atoms with Gasteiger partial charge in [0.2, 0.25) is 0 Å². The van der Waals surface area contributed by atoms with E-state index in [9.17, 15) is 0 Å². The third-order valence-electron chi connectivity index (χ3n) is 3.59. The zero-order chi connectivity index (χ0) is 15.0. The molecule has 1 unspecified atom stereocenters. The number of likely N-dealkylation sites (N-methyl/N-ethyl adjacent to an activating group) is 2. The maximum Gasteiger partial charge on any atom is 0.122 e. The predicted molar refractivity (Wildman–Crippen MR) is 84.8 cm³/mol. The minimum Gasteiger partial charge on any atom is -0.468 e. The molecule has 4 nitrogen and oxygen atoms in total. The molecular formula is C16H31N3O. The van der Waals surface area contributed by atoms with Crippen molar-refractivity contribution in [3.8, 4) is 0 Å². The molecule has 0 saturated carbocycles. The molecular weight excluding hydrogens is 250 g/mol. The lowest BCUT2D eigenvalue weighted by Crippen LogP contribution is -2.39. The van der Waals surface area contributed by atoms with Crippen molar-refractivity contribution in [2.24, 2.45) is 0 Å². The van der Waals surface area contributed by atoms with Crippen LogP contribution >= 0.6 is 0 Å². The van der Waals surface area contributed by atoms with Crippen LogP contribution < -0.4 is 5.32 Å². The van der Waals surface area contributed by atoms with Crippen molar-refractivity contribution >= 4 is 0 Å². The van der Waals surface area contributed by atoms with Crippen LogP contribution in [0.4, 0.5) is 0 Å². The van der Waals surface area contributed by atoms with E-state index in [0.717, 1.165) is 44.9 Å². The largest absolute Gasteiger partial charge is 0.468 e. The van der Waals surface area contributed by atoms with Gasteiger partial charge in [0.25, 0.3) is 0 Å². The van der Waals surface area contributed by atoms with Crippen LogP contribution in [0.3, 0.4) is 0 Å². The van der Waals surface area contributed by atoms with Crippen molar-refractivity contribution < 1.29 is 4.42 Å². The second-order valence-corrected chi connectivity index (χ2v) is 5.72. The number of nitrogens with one attached hydrogen (secondary N) is 1. The molecule has 0 aliphatic carbocycles. The Balaban J connectivity index is 2.58. The van der Waals surface area contributed by atoms with E-state index < -0.39 is 0 Å². The Morgan fingerprint density at radius 2 is 2.05 bits per heavy atom. The number of nitrogens with zero attached hydrogens (tertiary/aromatic N) is 2. The molecule has 1 N–H and O–H groups in total. The van der Waals surface area contributed by atoms with Gasteiger partial charge in [-0.15, -0.1) is 0 Å². The molecule has 0 spiro atoms. The fourth-order valence-corrected chi connectivity index (χ4v) is 2.47. The first-order chi connectivity index (χ1) is 9.58. The highest BCUT2D eigenvalue weighted by Crippen LogP contribution is 2.15. The number of hydrogen-bond acceptors (Lipinski definition) is 4. The van der Waals surface area contributed by atoms with Gasteiger partial charge in [-0.3, -0.25) is 4.90 Å². The summed E-state index contributed by atoms with van der Waals surface area (Å²) in [7, 11) is 4.24. The summed E-state index contributed by atoms with van der Waals surface area (Å²) in [5, 5.41) is 3.44. The van der Waals surface area contributed by atoms with Crippen LogP contribution in [0, 0.1) is 0 Å². The standard InChI is InChI=1S/C16H31N3O/c1-6-9-17-11-15-8-10-20-16(15)13-19(7-2)14(3)12-18(4)5/h8,10,14,17H,6-7,9,11-13H2,1-5H3. The van der Waals surface area contributed by atoms with E-state index in [2.05, 4.69) is 56.0 Å². The highest BCUT2D eigenvalue weighted by Gasteiger charge is 2.16. The van der Waals surface area contributed by atoms with E-state index in [4.69, 9.17) is 4.42 Å². The first kappa shape index (κ1) is 17.2. The third-order valence-corrected chi connectivity index (χ3v) is 3.59. The Labute approximate surface area is 124 Å². The lowest BCUT2D eigenvalue weighted by Gasteiger charge is -2.29. The lowest BCUT2D eigenvalue weighted by atomic mass is 10.2. The molecule has 1 heterocycles. The van der Waals surface area contributed by atoms with Crippen molar-refractivity contribution in [2.75, 3.05) is 33.7 Å². The van der Waals surface area contributed by atoms with Crippen molar-refractivity contribution in [3.63, 3.8) is 0 Å². The predicted octanol–water partition coefficient (Wildman–Crippen LogP) is 2.55. The van der Waals surface area contributed by atoms with Gasteiger partial charge in [-0.1, -0.05) is 13.8 Å². The summed E-state index contributed by atoms with van der Waals surface area (Å²) in [6.07, 6.45) is 2.97. The SMILES string of the molecule is CCCNCc1ccoc1CN(CC)C(C)CN(C)C. The van der Waals surface area contributed by atoms with Crippen LogP contribution in [0.5, 0.6) is 0 Å². The zero-order valence-electron chi connectivity index (χ0n) is 13.8. The molecule has 0 aliphatic heterocycles. The molecule has 4 heteroatoms. The Morgan fingerprint density at radius 3 is 2.65 bits per heavy atom. The highest BCUT2D eigenvalue weighted by atomic mass is 16.3. The molecule has 0 saturated heterocycles. The molecule has 0 fully saturated rings. The van der Waals surface area contributed by atoms with Crippen LogP contribution in [-0.2, 0) is 13.1 Å². The molecule has 1 aromatic heterocycles. The quantitative estimate of drug-likeness (QED) is 0.668. The van der Waals surface area contributed by atoms with Crippen LogP contribution in [0.25, 0.3) is 0 Å². The maximum atomic E-state index is 5.69. The van der Waals surface area contributed by atoms with E-state index in [1.165, 1.54) is 5.56 Å². The molecule has 0 amide bonds. The Hall–Kier alpha value is -0.840. The van der Waals surface area contributed by atoms with Gasteiger partial charge in [-0.2, -0.15) is 0 Å². The minimum atomic E-state index is 0.525. The van der Waals surface area contributed by atoms with Crippen molar-refractivity contribution in [2.45, 2.75) is 46.3 Å². The van der Waals surface area contributed by atoms with Crippen molar-refractivity contribution in [1.82, 2.24) is 15.1 Å². The normalized spacial score (nSPS) is 13.3. The summed E-state index contributed by atoms with van der Waals surface area (Å²) in [4.78, 5) is 4.70. The van der Waals surface area contributed by atoms with E-state index >= 15 is 0 Å². The molecule has 1 atom stereocenters. The lowest BCUT2D eigenvalue weighted by molar-refractivity contribution is 0.162. The van der Waals surface area contributed by atoms with Gasteiger partial charge in [0.05, 0.1) is 12.8 Å². The minimum absolute atomic E-state index is 0.525. The third kappa shape index (κ3) is 5.65. The second kappa shape index (κ2) is 9.16. The van der Waals surface area contributed by atoms with Crippen molar-refractivity contribution in [3.05, 3.63) is 23.7 Å². The smallest absolute Gasteiger partial charge is 0.122 e. The number of rotatable bonds is 10. The summed E-state index contributed by atoms with van der Waals surface area (Å²) in [6, 6.07) is 2.61. The molecule has 0 bridgehead atoms. The van der Waals surface area contributed by atoms with Crippen LogP contribution in [-0.4, -0.2) is 49.6 Å². The van der Waals surface area contributed by atoms with Gasteiger partial charge in [0.1, 0.15) is 5.76 Å². The molecule has 20 heavy (non-hydrogen) atoms. The average Bonchev–Trinajstić information content (AvgIpc) is 2.82. The molecule has 1 aromatic rings. The molecule has 0 aromatic carbocycles. The summed E-state index contributed by atoms with van der Waals surface area (Å²) < 4.78 is 5.69. The van der Waals surface area contributed by atoms with Crippen molar-refractivity contribution in [1.29, 1.82) is 0 Å². The van der Waals surface area contributed by atoms with Gasteiger partial charge in [-0.05, 0) is 46.6 Å². The van der Waals surface area contributed by atoms with E-state index in [1.807, 2.05) is 6.26 Å². The first-order valence-electron chi connectivity index (χ1n) is 7.73. The summed E-state index contributed by atoms with van der Waals surface area (Å²) in [5.74, 6) is 1.10. The summed E-state index contributed by atoms with van der Waals surface area (Å²) in [6.45, 7) is 11.6. The highest BCUT2D eigenvalue weighted by molar-refractivity contribution is 5.16. The summed E-state index contributed by atoms with van der Waals surface area (Å²) >= 11 is 0. The Kier molecular flexibility index (Phi) is 7.88. The van der Waals surface area contributed by atoms with Crippen LogP contribution in [0.1, 0.15) is 38.5 Å². The Bertz CT molecular complexity index is 362. The van der Waals surface area contributed by atoms with E-state index in [-0.39, 0.29) is 0 Å². The van der Waals surface area contributed by atoms with Gasteiger partial charge in [-0.25, -0.2) is 0 Å². The van der Waals surface area contributed by atoms with Gasteiger partial charge in [0, 0.05) is 24.7 Å². The second-order valence-electron chi connectivity index (χ2n) is 5.72. The van der Waals surface area contributed by atoms with Gasteiger partial charge < -0.3 is 14.6 Å². The number of hydrogen-bond donors (Lipinski definition) is 1. The zero-order valence-corrected chi connectivity index (χ0v) is 13.8.